The van der Waals surface area contributed by atoms with Crippen LogP contribution in [0.4, 0.5) is 0 Å². The first-order chi connectivity index (χ1) is 24.4. The molecule has 0 radical (unpaired) electrons. The Kier molecular flexibility index (Phi) is 9.91. The molecule has 5 aromatic rings. The maximum atomic E-state index is 11.5. The van der Waals surface area contributed by atoms with Gasteiger partial charge in [-0.25, -0.2) is 9.97 Å². The number of aromatic nitrogens is 5. The molecule has 1 amide bonds. The minimum Gasteiger partial charge on any atom is -0.480 e. The molecule has 1 aliphatic carbocycles. The molecule has 13 heteroatoms. The number of amides is 1. The molecule has 50 heavy (non-hydrogen) atoms. The topological polar surface area (TPSA) is 136 Å². The molecule has 1 saturated heterocycles. The Morgan fingerprint density at radius 3 is 1.94 bits per heavy atom. The summed E-state index contributed by atoms with van der Waals surface area (Å²) in [6.45, 7) is 1.57. The van der Waals surface area contributed by atoms with Gasteiger partial charge in [-0.2, -0.15) is 0 Å². The van der Waals surface area contributed by atoms with Gasteiger partial charge in [0.25, 0.3) is 0 Å². The Morgan fingerprint density at radius 1 is 0.820 bits per heavy atom. The number of ether oxygens (including phenoxy) is 2. The van der Waals surface area contributed by atoms with Gasteiger partial charge in [-0.15, -0.1) is 0 Å². The van der Waals surface area contributed by atoms with Gasteiger partial charge in [0.15, 0.2) is 0 Å². The van der Waals surface area contributed by atoms with Gasteiger partial charge < -0.3 is 25.4 Å². The van der Waals surface area contributed by atoms with E-state index in [0.29, 0.717) is 81.8 Å². The van der Waals surface area contributed by atoms with Crippen LogP contribution in [0.25, 0.3) is 33.6 Å². The fourth-order valence-electron chi connectivity index (χ4n) is 6.29. The third kappa shape index (κ3) is 6.99. The second-order valence-electron chi connectivity index (χ2n) is 12.4. The normalized spacial score (nSPS) is 16.2. The van der Waals surface area contributed by atoms with Crippen molar-refractivity contribution in [1.82, 2.24) is 40.9 Å². The molecule has 0 bridgehead atoms. The number of methoxy groups -OCH3 is 2. The van der Waals surface area contributed by atoms with Gasteiger partial charge in [-0.05, 0) is 30.9 Å². The highest BCUT2D eigenvalue weighted by Gasteiger charge is 2.44. The van der Waals surface area contributed by atoms with E-state index in [-0.39, 0.29) is 17.5 Å². The second-order valence-corrected chi connectivity index (χ2v) is 13.1. The maximum Gasteiger partial charge on any atom is 0.237 e. The SMILES string of the molecule is COc1nc(-c2cccc(-c3cccc(-c4cnc(CNC5(c6cccnc6)CC5)c(OC)n4)c3Cl)c2Cl)cnc1CNC[C@@H]1CCC(=O)N1. The Morgan fingerprint density at radius 2 is 1.42 bits per heavy atom. The molecular weight excluding hydrogens is 675 g/mol. The van der Waals surface area contributed by atoms with Crippen LogP contribution in [-0.2, 0) is 23.4 Å². The first-order valence-corrected chi connectivity index (χ1v) is 17.2. The summed E-state index contributed by atoms with van der Waals surface area (Å²) in [6.07, 6.45) is 10.5. The first-order valence-electron chi connectivity index (χ1n) is 16.4. The van der Waals surface area contributed by atoms with E-state index in [0.717, 1.165) is 30.4 Å². The lowest BCUT2D eigenvalue weighted by Crippen LogP contribution is -2.35. The van der Waals surface area contributed by atoms with Crippen LogP contribution in [0.5, 0.6) is 11.8 Å². The molecule has 7 rings (SSSR count). The average Bonchev–Trinajstić information content (AvgIpc) is 3.84. The highest BCUT2D eigenvalue weighted by atomic mass is 35.5. The van der Waals surface area contributed by atoms with Gasteiger partial charge in [0.2, 0.25) is 17.7 Å². The summed E-state index contributed by atoms with van der Waals surface area (Å²) in [4.78, 5) is 34.7. The molecule has 256 valence electrons. The molecule has 4 heterocycles. The van der Waals surface area contributed by atoms with Crippen LogP contribution in [0.1, 0.15) is 42.6 Å². The summed E-state index contributed by atoms with van der Waals surface area (Å²) < 4.78 is 11.3. The fraction of sp³-hybridized carbons (Fsp3) is 0.297. The van der Waals surface area contributed by atoms with Crippen LogP contribution in [0.15, 0.2) is 73.3 Å². The fourth-order valence-corrected chi connectivity index (χ4v) is 6.93. The van der Waals surface area contributed by atoms with E-state index in [1.165, 1.54) is 5.56 Å². The lowest BCUT2D eigenvalue weighted by atomic mass is 9.98. The number of hydrogen-bond acceptors (Lipinski definition) is 10. The van der Waals surface area contributed by atoms with Crippen molar-refractivity contribution in [1.29, 1.82) is 0 Å². The molecule has 2 aromatic carbocycles. The second kappa shape index (κ2) is 14.7. The van der Waals surface area contributed by atoms with Crippen LogP contribution in [0.3, 0.4) is 0 Å². The Balaban J connectivity index is 1.11. The monoisotopic (exact) mass is 710 g/mol. The molecule has 1 saturated carbocycles. The summed E-state index contributed by atoms with van der Waals surface area (Å²) in [5, 5.41) is 10.9. The quantitative estimate of drug-likeness (QED) is 0.131. The third-order valence-electron chi connectivity index (χ3n) is 9.18. The van der Waals surface area contributed by atoms with E-state index >= 15 is 0 Å². The van der Waals surface area contributed by atoms with E-state index < -0.39 is 0 Å². The number of rotatable bonds is 13. The average molecular weight is 712 g/mol. The van der Waals surface area contributed by atoms with Crippen LogP contribution in [0.2, 0.25) is 10.0 Å². The summed E-state index contributed by atoms with van der Waals surface area (Å²) in [5.74, 6) is 0.902. The molecular formula is C37H36Cl2N8O3. The summed E-state index contributed by atoms with van der Waals surface area (Å²) >= 11 is 14.2. The molecule has 3 aromatic heterocycles. The molecule has 1 aliphatic heterocycles. The van der Waals surface area contributed by atoms with E-state index in [1.807, 2.05) is 48.7 Å². The van der Waals surface area contributed by atoms with Crippen LogP contribution in [0, 0.1) is 0 Å². The zero-order chi connectivity index (χ0) is 34.7. The number of halogens is 2. The van der Waals surface area contributed by atoms with Crippen molar-refractivity contribution in [2.75, 3.05) is 20.8 Å². The van der Waals surface area contributed by atoms with Crippen molar-refractivity contribution in [2.24, 2.45) is 0 Å². The van der Waals surface area contributed by atoms with Gasteiger partial charge in [0.1, 0.15) is 11.4 Å². The number of hydrogen-bond donors (Lipinski definition) is 3. The standard InChI is InChI=1S/C37H36Cl2N8O3/c1-49-35-30(18-41-17-23-11-12-32(48)45-23)42-19-28(46-35)26-9-3-7-24(33(26)38)25-8-4-10-27(34(25)39)29-20-43-31(36(47-29)50-2)21-44-37(13-14-37)22-6-5-15-40-16-22/h3-10,15-16,19-20,23,41,44H,11-14,17-18,21H2,1-2H3,(H,45,48)/t23-/m0/s1. The van der Waals surface area contributed by atoms with Crippen molar-refractivity contribution in [2.45, 2.75) is 50.4 Å². The zero-order valence-corrected chi connectivity index (χ0v) is 29.2. The van der Waals surface area contributed by atoms with Crippen molar-refractivity contribution in [3.05, 3.63) is 100 Å². The van der Waals surface area contributed by atoms with Crippen molar-refractivity contribution < 1.29 is 14.3 Å². The Labute approximate surface area is 300 Å². The molecule has 2 fully saturated rings. The van der Waals surface area contributed by atoms with E-state index in [9.17, 15) is 4.79 Å². The molecule has 2 aliphatic rings. The number of carbonyl (C=O) groups is 1. The highest BCUT2D eigenvalue weighted by Crippen LogP contribution is 2.46. The Hall–Kier alpha value is -4.68. The highest BCUT2D eigenvalue weighted by molar-refractivity contribution is 6.39. The molecule has 0 unspecified atom stereocenters. The summed E-state index contributed by atoms with van der Waals surface area (Å²) in [5.41, 5.74) is 6.40. The predicted molar refractivity (Wildman–Crippen MR) is 192 cm³/mol. The van der Waals surface area contributed by atoms with Crippen molar-refractivity contribution in [3.63, 3.8) is 0 Å². The number of carbonyl (C=O) groups excluding carboxylic acids is 1. The van der Waals surface area contributed by atoms with Gasteiger partial charge in [0.05, 0.1) is 48.0 Å². The van der Waals surface area contributed by atoms with Gasteiger partial charge in [0, 0.05) is 72.3 Å². The molecule has 0 spiro atoms. The van der Waals surface area contributed by atoms with Crippen LogP contribution in [-0.4, -0.2) is 57.6 Å². The van der Waals surface area contributed by atoms with E-state index in [1.54, 1.807) is 32.8 Å². The Bertz CT molecular complexity index is 2030. The van der Waals surface area contributed by atoms with Crippen LogP contribution < -0.4 is 25.4 Å². The predicted octanol–water partition coefficient (Wildman–Crippen LogP) is 6.13. The summed E-state index contributed by atoms with van der Waals surface area (Å²) in [7, 11) is 3.15. The zero-order valence-electron chi connectivity index (χ0n) is 27.7. The third-order valence-corrected chi connectivity index (χ3v) is 9.99. The minimum absolute atomic E-state index is 0.0845. The lowest BCUT2D eigenvalue weighted by Gasteiger charge is -2.18. The van der Waals surface area contributed by atoms with Crippen molar-refractivity contribution >= 4 is 29.1 Å². The minimum atomic E-state index is -0.100. The molecule has 1 atom stereocenters. The number of nitrogens with zero attached hydrogens (tertiary/aromatic N) is 5. The number of pyridine rings is 1. The maximum absolute atomic E-state index is 11.5. The van der Waals surface area contributed by atoms with E-state index in [4.69, 9.17) is 47.6 Å². The molecule has 11 nitrogen and oxygen atoms in total. The van der Waals surface area contributed by atoms with Gasteiger partial charge in [-0.3, -0.25) is 19.7 Å². The van der Waals surface area contributed by atoms with E-state index in [2.05, 4.69) is 32.0 Å². The van der Waals surface area contributed by atoms with Crippen molar-refractivity contribution in [3.8, 4) is 45.4 Å². The lowest BCUT2D eigenvalue weighted by molar-refractivity contribution is -0.119. The first kappa shape index (κ1) is 33.8. The molecule has 3 N–H and O–H groups in total. The van der Waals surface area contributed by atoms with Gasteiger partial charge >= 0.3 is 0 Å². The summed E-state index contributed by atoms with van der Waals surface area (Å²) in [6, 6.07) is 15.6. The van der Waals surface area contributed by atoms with Gasteiger partial charge in [-0.1, -0.05) is 65.7 Å². The number of benzene rings is 2. The van der Waals surface area contributed by atoms with Crippen LogP contribution >= 0.6 is 23.2 Å². The smallest absolute Gasteiger partial charge is 0.237 e. The largest absolute Gasteiger partial charge is 0.480 e. The number of nitrogens with one attached hydrogen (secondary N) is 3.